The number of alkyl halides is 3. The molecule has 0 unspecified atom stereocenters. The third kappa shape index (κ3) is 5.90. The number of halogens is 3. The quantitative estimate of drug-likeness (QED) is 0.414. The fraction of sp³-hybridized carbons (Fsp3) is 0.500. The largest absolute Gasteiger partial charge is 0.496 e. The van der Waals surface area contributed by atoms with Gasteiger partial charge in [-0.15, -0.1) is 0 Å². The Balaban J connectivity index is 1.82. The smallest absolute Gasteiger partial charge is 0.394 e. The summed E-state index contributed by atoms with van der Waals surface area (Å²) in [6, 6.07) is 5.72. The molecule has 9 nitrogen and oxygen atoms in total. The van der Waals surface area contributed by atoms with Crippen LogP contribution in [-0.4, -0.2) is 54.6 Å². The lowest BCUT2D eigenvalue weighted by molar-refractivity contribution is -0.215. The van der Waals surface area contributed by atoms with Crippen molar-refractivity contribution in [1.29, 1.82) is 5.26 Å². The lowest BCUT2D eigenvalue weighted by atomic mass is 9.84. The molecule has 3 atom stereocenters. The minimum Gasteiger partial charge on any atom is -0.496 e. The zero-order chi connectivity index (χ0) is 26.7. The normalized spacial score (nSPS) is 17.7. The molecule has 12 heteroatoms. The summed E-state index contributed by atoms with van der Waals surface area (Å²) in [6.45, 7) is 2.30. The summed E-state index contributed by atoms with van der Waals surface area (Å²) in [5.74, 6) is -1.99. The molecule has 3 rings (SSSR count). The van der Waals surface area contributed by atoms with Gasteiger partial charge in [0.15, 0.2) is 0 Å². The minimum absolute atomic E-state index is 0.0131. The summed E-state index contributed by atoms with van der Waals surface area (Å²) in [5.41, 5.74) is -1.73. The average Bonchev–Trinajstić information content (AvgIpc) is 3.43. The number of aromatic amines is 1. The lowest BCUT2D eigenvalue weighted by Crippen LogP contribution is -2.53. The number of amides is 3. The summed E-state index contributed by atoms with van der Waals surface area (Å²) >= 11 is 0. The maximum Gasteiger partial charge on any atom is 0.394 e. The van der Waals surface area contributed by atoms with E-state index in [4.69, 9.17) is 4.74 Å². The fourth-order valence-electron chi connectivity index (χ4n) is 4.07. The van der Waals surface area contributed by atoms with Gasteiger partial charge in [-0.2, -0.15) is 18.4 Å². The Kier molecular flexibility index (Phi) is 7.81. The summed E-state index contributed by atoms with van der Waals surface area (Å²) in [4.78, 5) is 40.7. The van der Waals surface area contributed by atoms with Crippen LogP contribution in [0.1, 0.15) is 43.6 Å². The van der Waals surface area contributed by atoms with E-state index in [1.54, 1.807) is 18.2 Å². The number of nitrogens with zero attached hydrogens (tertiary/aromatic N) is 1. The number of nitriles is 1. The molecule has 1 aromatic heterocycles. The number of benzene rings is 1. The number of methoxy groups -OCH3 is 1. The predicted octanol–water partition coefficient (Wildman–Crippen LogP) is 2.79. The molecule has 194 valence electrons. The van der Waals surface area contributed by atoms with Crippen molar-refractivity contribution in [2.45, 2.75) is 51.4 Å². The molecule has 1 aliphatic rings. The molecule has 0 bridgehead atoms. The van der Waals surface area contributed by atoms with E-state index in [1.165, 1.54) is 13.2 Å². The Bertz CT molecular complexity index is 1180. The Morgan fingerprint density at radius 1 is 1.28 bits per heavy atom. The number of aromatic nitrogens is 1. The van der Waals surface area contributed by atoms with Gasteiger partial charge in [-0.1, -0.05) is 19.9 Å². The Labute approximate surface area is 205 Å². The van der Waals surface area contributed by atoms with Crippen molar-refractivity contribution in [3.05, 3.63) is 30.0 Å². The van der Waals surface area contributed by atoms with E-state index in [0.717, 1.165) is 13.8 Å². The van der Waals surface area contributed by atoms with E-state index in [1.807, 2.05) is 6.07 Å². The molecule has 4 N–H and O–H groups in total. The second-order valence-electron chi connectivity index (χ2n) is 9.42. The van der Waals surface area contributed by atoms with E-state index in [9.17, 15) is 32.8 Å². The molecule has 1 aliphatic heterocycles. The molecule has 0 saturated carbocycles. The fourth-order valence-corrected chi connectivity index (χ4v) is 4.07. The molecule has 1 aromatic carbocycles. The van der Waals surface area contributed by atoms with Crippen LogP contribution in [0, 0.1) is 22.7 Å². The number of rotatable bonds is 9. The van der Waals surface area contributed by atoms with Crippen LogP contribution >= 0.6 is 0 Å². The SMILES string of the molecule is COc1cccc2[nH]c(C(=O)N[C@@H](CC(C)(C)C(F)(F)F)C(=O)N[C@H](C#N)C[C@@H]3CCNC3=O)cc12. The molecular formula is C24H28F3N5O4. The second-order valence-corrected chi connectivity index (χ2v) is 9.42. The number of fused-ring (bicyclic) bond motifs is 1. The molecule has 3 amide bonds. The highest BCUT2D eigenvalue weighted by Crippen LogP contribution is 2.41. The van der Waals surface area contributed by atoms with Gasteiger partial charge in [-0.05, 0) is 37.5 Å². The van der Waals surface area contributed by atoms with Crippen LogP contribution in [0.4, 0.5) is 13.2 Å². The zero-order valence-corrected chi connectivity index (χ0v) is 20.1. The lowest BCUT2D eigenvalue weighted by Gasteiger charge is -2.32. The van der Waals surface area contributed by atoms with E-state index < -0.39 is 47.8 Å². The molecule has 0 aliphatic carbocycles. The van der Waals surface area contributed by atoms with Gasteiger partial charge in [-0.25, -0.2) is 0 Å². The first-order valence-electron chi connectivity index (χ1n) is 11.4. The van der Waals surface area contributed by atoms with E-state index >= 15 is 0 Å². The number of hydrogen-bond donors (Lipinski definition) is 4. The molecule has 0 radical (unpaired) electrons. The number of nitrogens with one attached hydrogen (secondary N) is 4. The second kappa shape index (κ2) is 10.5. The molecule has 0 spiro atoms. The van der Waals surface area contributed by atoms with Crippen LogP contribution in [0.2, 0.25) is 0 Å². The summed E-state index contributed by atoms with van der Waals surface area (Å²) in [7, 11) is 1.46. The van der Waals surface area contributed by atoms with Crippen LogP contribution in [0.25, 0.3) is 10.9 Å². The zero-order valence-electron chi connectivity index (χ0n) is 20.1. The monoisotopic (exact) mass is 507 g/mol. The highest BCUT2D eigenvalue weighted by atomic mass is 19.4. The van der Waals surface area contributed by atoms with E-state index in [-0.39, 0.29) is 18.0 Å². The Hall–Kier alpha value is -3.75. The van der Waals surface area contributed by atoms with Gasteiger partial charge in [0.2, 0.25) is 11.8 Å². The van der Waals surface area contributed by atoms with Crippen LogP contribution in [0.15, 0.2) is 24.3 Å². The molecule has 2 aromatic rings. The average molecular weight is 508 g/mol. The topological polar surface area (TPSA) is 136 Å². The molecule has 1 fully saturated rings. The summed E-state index contributed by atoms with van der Waals surface area (Å²) in [5, 5.41) is 17.5. The van der Waals surface area contributed by atoms with Crippen molar-refractivity contribution in [2.24, 2.45) is 11.3 Å². The Morgan fingerprint density at radius 3 is 2.58 bits per heavy atom. The number of hydrogen-bond acceptors (Lipinski definition) is 5. The van der Waals surface area contributed by atoms with Gasteiger partial charge in [0.1, 0.15) is 23.5 Å². The maximum atomic E-state index is 13.6. The Morgan fingerprint density at radius 2 is 2.00 bits per heavy atom. The van der Waals surface area contributed by atoms with Crippen molar-refractivity contribution in [3.8, 4) is 11.8 Å². The predicted molar refractivity (Wildman–Crippen MR) is 124 cm³/mol. The first kappa shape index (κ1) is 26.8. The van der Waals surface area contributed by atoms with Gasteiger partial charge in [0.05, 0.1) is 18.6 Å². The van der Waals surface area contributed by atoms with Crippen molar-refractivity contribution in [1.82, 2.24) is 20.9 Å². The van der Waals surface area contributed by atoms with Crippen LogP contribution in [0.5, 0.6) is 5.75 Å². The third-order valence-electron chi connectivity index (χ3n) is 6.35. The van der Waals surface area contributed by atoms with Crippen LogP contribution in [0.3, 0.4) is 0 Å². The van der Waals surface area contributed by atoms with Crippen molar-refractivity contribution < 1.29 is 32.3 Å². The number of ether oxygens (including phenoxy) is 1. The summed E-state index contributed by atoms with van der Waals surface area (Å²) < 4.78 is 46.1. The van der Waals surface area contributed by atoms with Gasteiger partial charge in [0.25, 0.3) is 5.91 Å². The van der Waals surface area contributed by atoms with E-state index in [2.05, 4.69) is 20.9 Å². The maximum absolute atomic E-state index is 13.6. The van der Waals surface area contributed by atoms with Gasteiger partial charge < -0.3 is 25.7 Å². The minimum atomic E-state index is -4.65. The number of H-pyrrole nitrogens is 1. The van der Waals surface area contributed by atoms with Crippen molar-refractivity contribution in [2.75, 3.05) is 13.7 Å². The van der Waals surface area contributed by atoms with Crippen molar-refractivity contribution >= 4 is 28.6 Å². The standard InChI is InChI=1S/C24H28F3N5O4/c1-23(2,24(25,26)27)11-18(22(35)30-14(12-28)9-13-7-8-29-20(13)33)32-21(34)17-10-15-16(31-17)5-4-6-19(15)36-3/h4-6,10,13-14,18,31H,7-9,11H2,1-3H3,(H,29,33)(H,30,35)(H,32,34)/t13-,14-,18-/m0/s1. The van der Waals surface area contributed by atoms with Crippen LogP contribution in [-0.2, 0) is 9.59 Å². The highest BCUT2D eigenvalue weighted by Gasteiger charge is 2.49. The van der Waals surface area contributed by atoms with E-state index in [0.29, 0.717) is 29.6 Å². The molecule has 36 heavy (non-hydrogen) atoms. The number of carbonyl (C=O) groups is 3. The first-order valence-corrected chi connectivity index (χ1v) is 11.4. The van der Waals surface area contributed by atoms with Crippen molar-refractivity contribution in [3.63, 3.8) is 0 Å². The first-order chi connectivity index (χ1) is 16.9. The third-order valence-corrected chi connectivity index (χ3v) is 6.35. The number of carbonyl (C=O) groups excluding carboxylic acids is 3. The molecular weight excluding hydrogens is 479 g/mol. The summed E-state index contributed by atoms with van der Waals surface area (Å²) in [6.07, 6.45) is -4.92. The van der Waals surface area contributed by atoms with Gasteiger partial charge in [0, 0.05) is 23.4 Å². The van der Waals surface area contributed by atoms with Gasteiger partial charge in [-0.3, -0.25) is 14.4 Å². The van der Waals surface area contributed by atoms with Crippen LogP contribution < -0.4 is 20.7 Å². The van der Waals surface area contributed by atoms with Gasteiger partial charge >= 0.3 is 6.18 Å². The molecule has 2 heterocycles. The molecule has 1 saturated heterocycles. The highest BCUT2D eigenvalue weighted by molar-refractivity contribution is 6.01.